The molecule has 3 heterocycles. The van der Waals surface area contributed by atoms with Crippen LogP contribution in [0.1, 0.15) is 51.7 Å². The fourth-order valence-electron chi connectivity index (χ4n) is 4.14. The Morgan fingerprint density at radius 2 is 2.00 bits per heavy atom. The van der Waals surface area contributed by atoms with E-state index >= 15 is 0 Å². The fourth-order valence-corrected chi connectivity index (χ4v) is 4.77. The van der Waals surface area contributed by atoms with Crippen LogP contribution in [0.5, 0.6) is 0 Å². The van der Waals surface area contributed by atoms with Crippen LogP contribution in [0.15, 0.2) is 41.1 Å². The largest absolute Gasteiger partial charge is 0.462 e. The number of para-hydroxylation sites is 1. The number of esters is 1. The first-order valence-corrected chi connectivity index (χ1v) is 11.6. The van der Waals surface area contributed by atoms with Gasteiger partial charge in [0.25, 0.3) is 5.91 Å². The highest BCUT2D eigenvalue weighted by Crippen LogP contribution is 2.25. The van der Waals surface area contributed by atoms with Crippen LogP contribution in [0.2, 0.25) is 0 Å². The summed E-state index contributed by atoms with van der Waals surface area (Å²) in [5, 5.41) is 7.90. The lowest BCUT2D eigenvalue weighted by molar-refractivity contribution is 0.0521. The first kappa shape index (κ1) is 21.5. The lowest BCUT2D eigenvalue weighted by Gasteiger charge is -2.32. The molecular formula is C24H27N3O3S. The van der Waals surface area contributed by atoms with E-state index < -0.39 is 0 Å². The zero-order valence-electron chi connectivity index (χ0n) is 17.9. The van der Waals surface area contributed by atoms with Gasteiger partial charge in [0.1, 0.15) is 0 Å². The second-order valence-electron chi connectivity index (χ2n) is 7.83. The molecule has 1 saturated heterocycles. The highest BCUT2D eigenvalue weighted by molar-refractivity contribution is 7.08. The van der Waals surface area contributed by atoms with Crippen molar-refractivity contribution in [1.82, 2.24) is 15.2 Å². The van der Waals surface area contributed by atoms with E-state index in [0.29, 0.717) is 18.7 Å². The predicted octanol–water partition coefficient (Wildman–Crippen LogP) is 4.18. The molecule has 2 aromatic heterocycles. The topological polar surface area (TPSA) is 71.5 Å². The van der Waals surface area contributed by atoms with Crippen LogP contribution in [-0.2, 0) is 11.3 Å². The average Bonchev–Trinajstić information content (AvgIpc) is 3.31. The lowest BCUT2D eigenvalue weighted by atomic mass is 10.00. The molecule has 0 radical (unpaired) electrons. The Kier molecular flexibility index (Phi) is 6.63. The maximum atomic E-state index is 12.7. The first-order chi connectivity index (χ1) is 15.1. The van der Waals surface area contributed by atoms with E-state index in [1.807, 2.05) is 54.9 Å². The van der Waals surface area contributed by atoms with Crippen molar-refractivity contribution in [3.63, 3.8) is 0 Å². The number of ether oxygens (including phenoxy) is 1. The van der Waals surface area contributed by atoms with Gasteiger partial charge in [0, 0.05) is 42.0 Å². The van der Waals surface area contributed by atoms with Crippen molar-refractivity contribution in [1.29, 1.82) is 0 Å². The van der Waals surface area contributed by atoms with E-state index in [-0.39, 0.29) is 17.9 Å². The Morgan fingerprint density at radius 1 is 1.23 bits per heavy atom. The number of benzene rings is 1. The quantitative estimate of drug-likeness (QED) is 0.586. The van der Waals surface area contributed by atoms with Gasteiger partial charge in [-0.3, -0.25) is 14.7 Å². The van der Waals surface area contributed by atoms with Gasteiger partial charge in [-0.15, -0.1) is 0 Å². The van der Waals surface area contributed by atoms with Crippen molar-refractivity contribution in [3.05, 3.63) is 63.5 Å². The molecule has 6 nitrogen and oxygen atoms in total. The van der Waals surface area contributed by atoms with Gasteiger partial charge in [0.05, 0.1) is 23.4 Å². The summed E-state index contributed by atoms with van der Waals surface area (Å²) in [4.78, 5) is 32.2. The van der Waals surface area contributed by atoms with Gasteiger partial charge < -0.3 is 10.1 Å². The third-order valence-corrected chi connectivity index (χ3v) is 6.47. The number of aryl methyl sites for hydroxylation is 1. The molecule has 0 atom stereocenters. The number of hydrogen-bond acceptors (Lipinski definition) is 6. The molecule has 1 amide bonds. The maximum Gasteiger partial charge on any atom is 0.340 e. The van der Waals surface area contributed by atoms with Crippen LogP contribution in [0.3, 0.4) is 0 Å². The minimum Gasteiger partial charge on any atom is -0.462 e. The third-order valence-electron chi connectivity index (χ3n) is 5.79. The van der Waals surface area contributed by atoms with Crippen molar-refractivity contribution < 1.29 is 14.3 Å². The van der Waals surface area contributed by atoms with Gasteiger partial charge in [-0.2, -0.15) is 11.3 Å². The van der Waals surface area contributed by atoms with Crippen LogP contribution >= 0.6 is 11.3 Å². The van der Waals surface area contributed by atoms with Crippen LogP contribution in [0.4, 0.5) is 0 Å². The maximum absolute atomic E-state index is 12.7. The number of pyridine rings is 1. The molecule has 0 aliphatic carbocycles. The second kappa shape index (κ2) is 9.58. The number of nitrogens with zero attached hydrogens (tertiary/aromatic N) is 2. The van der Waals surface area contributed by atoms with Gasteiger partial charge in [-0.1, -0.05) is 18.2 Å². The van der Waals surface area contributed by atoms with Crippen molar-refractivity contribution in [2.45, 2.75) is 39.3 Å². The summed E-state index contributed by atoms with van der Waals surface area (Å²) in [6, 6.07) is 9.91. The number of fused-ring (bicyclic) bond motifs is 1. The zero-order chi connectivity index (χ0) is 21.8. The van der Waals surface area contributed by atoms with Crippen molar-refractivity contribution >= 4 is 34.1 Å². The standard InChI is InChI=1S/C24H27N3O3S/c1-3-30-24(29)22-16(2)19-6-4-5-7-20(19)26-21(22)14-27-11-8-18(9-12-27)25-23(28)17-10-13-31-15-17/h4-7,10,13,15,18H,3,8-9,11-12,14H2,1-2H3,(H,25,28). The Balaban J connectivity index is 1.48. The minimum atomic E-state index is -0.314. The van der Waals surface area contributed by atoms with Crippen molar-refractivity contribution in [2.24, 2.45) is 0 Å². The van der Waals surface area contributed by atoms with E-state index in [0.717, 1.165) is 53.7 Å². The van der Waals surface area contributed by atoms with Gasteiger partial charge in [0.15, 0.2) is 0 Å². The molecule has 31 heavy (non-hydrogen) atoms. The Morgan fingerprint density at radius 3 is 2.71 bits per heavy atom. The molecular weight excluding hydrogens is 410 g/mol. The van der Waals surface area contributed by atoms with Crippen LogP contribution in [0, 0.1) is 6.92 Å². The fraction of sp³-hybridized carbons (Fsp3) is 0.375. The monoisotopic (exact) mass is 437 g/mol. The second-order valence-corrected chi connectivity index (χ2v) is 8.61. The minimum absolute atomic E-state index is 0.00359. The number of carbonyl (C=O) groups is 2. The zero-order valence-corrected chi connectivity index (χ0v) is 18.7. The molecule has 1 aliphatic heterocycles. The Labute approximate surface area is 186 Å². The molecule has 0 saturated carbocycles. The molecule has 0 bridgehead atoms. The highest BCUT2D eigenvalue weighted by atomic mass is 32.1. The van der Waals surface area contributed by atoms with Crippen LogP contribution < -0.4 is 5.32 Å². The number of carbonyl (C=O) groups excluding carboxylic acids is 2. The molecule has 3 aromatic rings. The molecule has 0 unspecified atom stereocenters. The van der Waals surface area contributed by atoms with Crippen molar-refractivity contribution in [3.8, 4) is 0 Å². The molecule has 162 valence electrons. The van der Waals surface area contributed by atoms with Crippen LogP contribution in [0.25, 0.3) is 10.9 Å². The number of likely N-dealkylation sites (tertiary alicyclic amines) is 1. The first-order valence-electron chi connectivity index (χ1n) is 10.7. The summed E-state index contributed by atoms with van der Waals surface area (Å²) in [5.74, 6) is -0.317. The van der Waals surface area contributed by atoms with Gasteiger partial charge in [-0.05, 0) is 49.8 Å². The summed E-state index contributed by atoms with van der Waals surface area (Å²) >= 11 is 1.53. The SMILES string of the molecule is CCOC(=O)c1c(CN2CCC(NC(=O)c3ccsc3)CC2)nc2ccccc2c1C. The molecule has 1 aromatic carbocycles. The van der Waals surface area contributed by atoms with Gasteiger partial charge in [0.2, 0.25) is 0 Å². The van der Waals surface area contributed by atoms with E-state index in [1.54, 1.807) is 0 Å². The number of piperidine rings is 1. The van der Waals surface area contributed by atoms with Gasteiger partial charge in [-0.25, -0.2) is 4.79 Å². The molecule has 1 fully saturated rings. The normalized spacial score (nSPS) is 15.2. The number of thiophene rings is 1. The summed E-state index contributed by atoms with van der Waals surface area (Å²) in [6.07, 6.45) is 1.74. The van der Waals surface area contributed by atoms with E-state index in [9.17, 15) is 9.59 Å². The number of nitrogens with one attached hydrogen (secondary N) is 1. The predicted molar refractivity (Wildman–Crippen MR) is 123 cm³/mol. The van der Waals surface area contributed by atoms with E-state index in [2.05, 4.69) is 10.2 Å². The number of rotatable bonds is 6. The number of hydrogen-bond donors (Lipinski definition) is 1. The molecule has 7 heteroatoms. The highest BCUT2D eigenvalue weighted by Gasteiger charge is 2.25. The lowest BCUT2D eigenvalue weighted by Crippen LogP contribution is -2.44. The summed E-state index contributed by atoms with van der Waals surface area (Å²) < 4.78 is 5.34. The smallest absolute Gasteiger partial charge is 0.340 e. The summed E-state index contributed by atoms with van der Waals surface area (Å²) in [5.41, 5.74) is 3.86. The molecule has 4 rings (SSSR count). The van der Waals surface area contributed by atoms with E-state index in [1.165, 1.54) is 11.3 Å². The molecule has 1 aliphatic rings. The third kappa shape index (κ3) is 4.78. The van der Waals surface area contributed by atoms with Crippen molar-refractivity contribution in [2.75, 3.05) is 19.7 Å². The molecule has 1 N–H and O–H groups in total. The number of amides is 1. The van der Waals surface area contributed by atoms with Crippen LogP contribution in [-0.4, -0.2) is 47.5 Å². The Hall–Kier alpha value is -2.77. The number of aromatic nitrogens is 1. The average molecular weight is 438 g/mol. The molecule has 0 spiro atoms. The summed E-state index contributed by atoms with van der Waals surface area (Å²) in [6.45, 7) is 6.38. The Bertz CT molecular complexity index is 1070. The van der Waals surface area contributed by atoms with E-state index in [4.69, 9.17) is 9.72 Å². The summed E-state index contributed by atoms with van der Waals surface area (Å²) in [7, 11) is 0. The van der Waals surface area contributed by atoms with Gasteiger partial charge >= 0.3 is 5.97 Å².